The molecule has 0 saturated carbocycles. The summed E-state index contributed by atoms with van der Waals surface area (Å²) in [5, 5.41) is 1.50. The van der Waals surface area contributed by atoms with E-state index in [2.05, 4.69) is 0 Å². The van der Waals surface area contributed by atoms with Crippen molar-refractivity contribution in [1.29, 1.82) is 0 Å². The fourth-order valence-electron chi connectivity index (χ4n) is 8.73. The van der Waals surface area contributed by atoms with E-state index in [1.807, 2.05) is 0 Å². The molecule has 8 aromatic carbocycles. The predicted octanol–water partition coefficient (Wildman–Crippen LogP) is -15.2. The quantitative estimate of drug-likeness (QED) is 0.126. The van der Waals surface area contributed by atoms with Gasteiger partial charge in [0.25, 0.3) is 0 Å². The minimum Gasteiger partial charge on any atom is -0.110 e. The number of fused-ring (bicyclic) bond motifs is 4. The molecular weight excluding hydrogens is 718 g/mol. The van der Waals surface area contributed by atoms with E-state index in [4.69, 9.17) is 173 Å². The molecule has 22 heteroatoms. The van der Waals surface area contributed by atoms with E-state index >= 15 is 0 Å². The minimum atomic E-state index is -0.0950. The molecule has 8 rings (SSSR count). The number of benzene rings is 8. The first kappa shape index (κ1) is 44.8. The lowest BCUT2D eigenvalue weighted by Gasteiger charge is -2.31. The standard InChI is InChI=1S/C40H4B22/c41-19-8(20(42)27(49)18-17(19)30(52)39(61)40(62)31(18)53)6-3-1-2-5(4-6)7-10-12(24(46)35(57)33(55)21(10)43)9(13-11(7)22(44)34(56)36(58)25(13)47)14-15-16(28(50)32(54)23(14)45)29(51)38(60)37(59)26(15)48/h1-4H. The van der Waals surface area contributed by atoms with E-state index in [0.717, 1.165) is 0 Å². The van der Waals surface area contributed by atoms with Crippen LogP contribution >= 0.6 is 0 Å². The molecule has 0 amide bonds. The van der Waals surface area contributed by atoms with Crippen LogP contribution in [-0.2, 0) is 0 Å². The maximum Gasteiger partial charge on any atom is 0.115 e. The van der Waals surface area contributed by atoms with E-state index in [-0.39, 0.29) is 180 Å². The zero-order chi connectivity index (χ0) is 45.6. The summed E-state index contributed by atoms with van der Waals surface area (Å²) in [6, 6.07) is 6.93. The largest absolute Gasteiger partial charge is 0.115 e. The molecule has 230 valence electrons. The summed E-state index contributed by atoms with van der Waals surface area (Å²) in [6.07, 6.45) is 0. The van der Waals surface area contributed by atoms with E-state index in [9.17, 15) is 0 Å². The molecule has 0 aliphatic carbocycles. The van der Waals surface area contributed by atoms with Gasteiger partial charge < -0.3 is 0 Å². The molecule has 0 bridgehead atoms. The molecule has 0 heterocycles. The average Bonchev–Trinajstić information content (AvgIpc) is 3.25. The fraction of sp³-hybridized carbons (Fsp3) is 0. The summed E-state index contributed by atoms with van der Waals surface area (Å²) in [4.78, 5) is 0. The third-order valence-corrected chi connectivity index (χ3v) is 12.1. The minimum absolute atomic E-state index is 0.0188. The maximum atomic E-state index is 7.01. The highest BCUT2D eigenvalue weighted by Gasteiger charge is 2.28. The Labute approximate surface area is 391 Å². The molecule has 62 heavy (non-hydrogen) atoms. The molecule has 0 unspecified atom stereocenters. The molecule has 0 spiro atoms. The molecule has 0 fully saturated rings. The molecule has 0 nitrogen and oxygen atoms in total. The Kier molecular flexibility index (Phi) is 11.2. The number of hydrogen-bond donors (Lipinski definition) is 0. The predicted molar refractivity (Wildman–Crippen MR) is 291 cm³/mol. The Hall–Kier alpha value is -3.77. The summed E-state index contributed by atoms with van der Waals surface area (Å²) in [7, 11) is 146. The second kappa shape index (κ2) is 15.4. The zero-order valence-corrected chi connectivity index (χ0v) is 33.0. The van der Waals surface area contributed by atoms with Gasteiger partial charge >= 0.3 is 0 Å². The first-order valence-corrected chi connectivity index (χ1v) is 18.4. The van der Waals surface area contributed by atoms with Crippen molar-refractivity contribution in [2.45, 2.75) is 0 Å². The van der Waals surface area contributed by atoms with Crippen molar-refractivity contribution in [3.05, 3.63) is 24.3 Å². The topological polar surface area (TPSA) is 0 Å². The Morgan fingerprint density at radius 3 is 0.774 bits per heavy atom. The monoisotopic (exact) mass is 726 g/mol. The fourth-order valence-corrected chi connectivity index (χ4v) is 8.73. The van der Waals surface area contributed by atoms with Crippen molar-refractivity contribution in [2.24, 2.45) is 0 Å². The third-order valence-electron chi connectivity index (χ3n) is 12.1. The van der Waals surface area contributed by atoms with E-state index in [0.29, 0.717) is 16.7 Å². The van der Waals surface area contributed by atoms with Crippen molar-refractivity contribution in [3.63, 3.8) is 0 Å². The van der Waals surface area contributed by atoms with Crippen LogP contribution < -0.4 is 120 Å². The van der Waals surface area contributed by atoms with Crippen LogP contribution in [-0.4, -0.2) is 173 Å². The van der Waals surface area contributed by atoms with Crippen molar-refractivity contribution < 1.29 is 0 Å². The van der Waals surface area contributed by atoms with Crippen LogP contribution in [0.15, 0.2) is 24.3 Å². The van der Waals surface area contributed by atoms with Gasteiger partial charge in [0.1, 0.15) is 173 Å². The molecule has 44 radical (unpaired) electrons. The van der Waals surface area contributed by atoms with Crippen LogP contribution in [0.3, 0.4) is 0 Å². The SMILES string of the molecule is [B]c1c([B])c([B])c2c([B])c(-c3cccc(-c4c5c([B])c([B])c([B])c([B])c5c(-c5c([B])c([B])c([B])c6c([B])c([B])c([B])c([B])c56)c5c([B])c([B])c([B])c([B])c45)c3)c([B])c([B])c2c1[B]. The smallest absolute Gasteiger partial charge is 0.110 e. The normalized spacial score (nSPS) is 11.7. The summed E-state index contributed by atoms with van der Waals surface area (Å²) in [5.74, 6) is 0. The van der Waals surface area contributed by atoms with Gasteiger partial charge in [-0.3, -0.25) is 0 Å². The van der Waals surface area contributed by atoms with Gasteiger partial charge in [-0.2, -0.15) is 0 Å². The summed E-state index contributed by atoms with van der Waals surface area (Å²) < 4.78 is 0. The van der Waals surface area contributed by atoms with Crippen LogP contribution in [0.1, 0.15) is 0 Å². The first-order chi connectivity index (χ1) is 29.0. The third kappa shape index (κ3) is 5.92. The van der Waals surface area contributed by atoms with Gasteiger partial charge in [0.2, 0.25) is 0 Å². The summed E-state index contributed by atoms with van der Waals surface area (Å²) in [6.45, 7) is 0. The maximum absolute atomic E-state index is 7.01. The highest BCUT2D eigenvalue weighted by atomic mass is 14.3. The molecule has 0 atom stereocenters. The number of rotatable bonds is 3. The molecule has 0 N–H and O–H groups in total. The summed E-state index contributed by atoms with van der Waals surface area (Å²) >= 11 is 0. The van der Waals surface area contributed by atoms with Crippen molar-refractivity contribution in [1.82, 2.24) is 0 Å². The molecular formula is C40H4B22. The molecule has 0 aliphatic heterocycles. The van der Waals surface area contributed by atoms with Crippen molar-refractivity contribution >= 4 is 336 Å². The number of hydrogen-bond acceptors (Lipinski definition) is 0. The molecule has 0 saturated heterocycles. The van der Waals surface area contributed by atoms with Crippen molar-refractivity contribution in [3.8, 4) is 33.4 Å². The van der Waals surface area contributed by atoms with E-state index < -0.39 is 0 Å². The van der Waals surface area contributed by atoms with Gasteiger partial charge in [-0.1, -0.05) is 89.2 Å². The molecule has 8 aromatic rings. The Bertz CT molecular complexity index is 3340. The van der Waals surface area contributed by atoms with Crippen LogP contribution in [0.5, 0.6) is 0 Å². The van der Waals surface area contributed by atoms with Crippen molar-refractivity contribution in [2.75, 3.05) is 0 Å². The Morgan fingerprint density at radius 2 is 0.403 bits per heavy atom. The first-order valence-electron chi connectivity index (χ1n) is 18.4. The second-order valence-electron chi connectivity index (χ2n) is 15.2. The summed E-state index contributed by atoms with van der Waals surface area (Å²) in [5.41, 5.74) is 1.17. The van der Waals surface area contributed by atoms with Gasteiger partial charge in [0, 0.05) is 0 Å². The van der Waals surface area contributed by atoms with E-state index in [1.54, 1.807) is 24.3 Å². The highest BCUT2D eigenvalue weighted by Crippen LogP contribution is 2.42. The van der Waals surface area contributed by atoms with Crippen LogP contribution in [0.25, 0.3) is 76.5 Å². The van der Waals surface area contributed by atoms with Crippen LogP contribution in [0, 0.1) is 0 Å². The van der Waals surface area contributed by atoms with Gasteiger partial charge in [0.15, 0.2) is 0 Å². The van der Waals surface area contributed by atoms with Crippen LogP contribution in [0.4, 0.5) is 0 Å². The second-order valence-corrected chi connectivity index (χ2v) is 15.2. The zero-order valence-electron chi connectivity index (χ0n) is 33.0. The van der Waals surface area contributed by atoms with Crippen LogP contribution in [0.2, 0.25) is 0 Å². The lowest BCUT2D eigenvalue weighted by Crippen LogP contribution is -2.53. The molecule has 0 aliphatic rings. The Balaban J connectivity index is 1.65. The van der Waals surface area contributed by atoms with Gasteiger partial charge in [-0.15, -0.1) is 49.2 Å². The van der Waals surface area contributed by atoms with Gasteiger partial charge in [-0.25, -0.2) is 0 Å². The highest BCUT2D eigenvalue weighted by molar-refractivity contribution is 6.76. The molecule has 0 aromatic heterocycles. The van der Waals surface area contributed by atoms with E-state index in [1.165, 1.54) is 0 Å². The van der Waals surface area contributed by atoms with Gasteiger partial charge in [0.05, 0.1) is 0 Å². The Morgan fingerprint density at radius 1 is 0.177 bits per heavy atom. The average molecular weight is 722 g/mol. The lowest BCUT2D eigenvalue weighted by atomic mass is 9.56. The van der Waals surface area contributed by atoms with Gasteiger partial charge in [-0.05, 0) is 82.5 Å². The lowest BCUT2D eigenvalue weighted by molar-refractivity contribution is 1.67.